The van der Waals surface area contributed by atoms with Crippen LogP contribution >= 0.6 is 0 Å². The number of Topliss-reactive ketones (excluding diaryl/α,β-unsaturated/α-hetero) is 2. The highest BCUT2D eigenvalue weighted by atomic mass is 35.5. The number of methoxy groups -OCH3 is 1. The summed E-state index contributed by atoms with van der Waals surface area (Å²) in [7, 11) is 5.66. The summed E-state index contributed by atoms with van der Waals surface area (Å²) in [4.78, 5) is 209. The normalized spacial score (nSPS) is 22.5. The van der Waals surface area contributed by atoms with E-state index in [0.29, 0.717) is 134 Å². The molecule has 0 aliphatic carbocycles. The Morgan fingerprint density at radius 3 is 2.07 bits per heavy atom. The van der Waals surface area contributed by atoms with Gasteiger partial charge in [0, 0.05) is 140 Å². The number of hydrogen-bond donors (Lipinski definition) is 10. The lowest BCUT2D eigenvalue weighted by Crippen LogP contribution is -3.00. The van der Waals surface area contributed by atoms with Gasteiger partial charge >= 0.3 is 0 Å². The molecule has 7 heterocycles. The van der Waals surface area contributed by atoms with Gasteiger partial charge in [0.05, 0.1) is 66.4 Å². The summed E-state index contributed by atoms with van der Waals surface area (Å²) in [5, 5.41) is 37.6. The van der Waals surface area contributed by atoms with Crippen molar-refractivity contribution in [2.24, 2.45) is 0 Å². The summed E-state index contributed by atoms with van der Waals surface area (Å²) in [6.07, 6.45) is 11.4. The molecule has 136 heavy (non-hydrogen) atoms. The molecular weight excluding hydrogens is 1770 g/mol. The number of aliphatic hydroxyl groups is 1. The fourth-order valence-electron chi connectivity index (χ4n) is 18.2. The molecule has 12 bridgehead atoms. The van der Waals surface area contributed by atoms with Crippen LogP contribution in [0.3, 0.4) is 0 Å². The van der Waals surface area contributed by atoms with Crippen molar-refractivity contribution in [2.75, 3.05) is 100 Å². The number of hydrogen-bond acceptors (Lipinski definition) is 19. The number of aromatic nitrogens is 1. The van der Waals surface area contributed by atoms with E-state index in [0.717, 1.165) is 86.8 Å². The quantitative estimate of drug-likeness (QED) is 0.0211. The Hall–Kier alpha value is -10.8. The van der Waals surface area contributed by atoms with Gasteiger partial charge in [0.2, 0.25) is 70.9 Å². The summed E-state index contributed by atoms with van der Waals surface area (Å²) in [5.41, 5.74) is 2.67. The number of nitrogens with one attached hydrogen (secondary N) is 9. The standard InChI is InChI=1S/C101H143FN14O19.ClH/c1-8-9-10-17-28-87(120)103-47-18-13-11-12-16-26-77(118)27-22-53-116(5,6)54-56-134-58-57-133-55-45-78(119)36-39-81-94(125)108-82-61-73-24-21-25-74(59-73)64-105-89(122)67-135-86-44-52-114-92(86)97(128)111-91(69(3)117)96(127)110-83(60-71-33-37-79(132-7)38-34-71)99(130)115-51-23-46-101(115,4)100(131)104-48-43-70-29-31-72(32-30-70)65-113(90(123)42-41-88(121)106-68(2)93(124)107-81)50-20-15-14-19-49-112-66-75(62-84(98(114)129)109-95(82)126)80-63-76(102)35-40-85(80)112;/h21,24-25,29-35,37-38,40,59,63,66,68-69,81-84,86,91-92,117H,8-20,22-23,26-28,36,39,41-58,60-62,64-65,67H2,1-7H3,(H8-,103,104,105,106,107,108,109,110,111,120,121,122,124,125,126,127,128,131);1H/t68-,69+,81+,82-,83-,84-,86-,91-,92-,101-;/m0./s1. The number of fused-ring (bicyclic) bond motifs is 16. The highest BCUT2D eigenvalue weighted by molar-refractivity contribution is 6.00. The van der Waals surface area contributed by atoms with Gasteiger partial charge in [-0.25, -0.2) is 4.39 Å². The molecule has 0 spiro atoms. The van der Waals surface area contributed by atoms with Crippen LogP contribution in [-0.4, -0.2) is 271 Å². The van der Waals surface area contributed by atoms with Gasteiger partial charge < -0.3 is 108 Å². The number of unbranched alkanes of at least 4 members (excludes halogenated alkanes) is 7. The van der Waals surface area contributed by atoms with Crippen molar-refractivity contribution in [3.05, 3.63) is 136 Å². The van der Waals surface area contributed by atoms with E-state index in [1.54, 1.807) is 72.6 Å². The fourth-order valence-corrected chi connectivity index (χ4v) is 18.2. The molecule has 4 aromatic carbocycles. The second-order valence-electron chi connectivity index (χ2n) is 37.6. The highest BCUT2D eigenvalue weighted by Crippen LogP contribution is 2.33. The first-order valence-electron chi connectivity index (χ1n) is 48.8. The molecule has 10 atom stereocenters. The zero-order valence-corrected chi connectivity index (χ0v) is 81.1. The van der Waals surface area contributed by atoms with E-state index < -0.39 is 138 Å². The maximum Gasteiger partial charge on any atom is 0.246 e. The van der Waals surface area contributed by atoms with Gasteiger partial charge in [0.25, 0.3) is 0 Å². The van der Waals surface area contributed by atoms with Crippen LogP contribution in [0.25, 0.3) is 10.9 Å². The molecule has 35 heteroatoms. The Kier molecular flexibility index (Phi) is 44.0. The number of quaternary nitrogens is 1. The van der Waals surface area contributed by atoms with Crippen LogP contribution in [0.5, 0.6) is 5.75 Å². The summed E-state index contributed by atoms with van der Waals surface area (Å²) in [6.45, 7) is 9.45. The van der Waals surface area contributed by atoms with E-state index >= 15 is 33.2 Å². The number of carbonyl (C=O) groups excluding carboxylic acids is 14. The second-order valence-corrected chi connectivity index (χ2v) is 37.6. The van der Waals surface area contributed by atoms with Crippen LogP contribution in [-0.2, 0) is 127 Å². The SMILES string of the molecule is CCCCCCC(=O)NCCCCCCCC(=O)CCC[N+](C)(C)CCOCCOCCC(=O)CC[C@H]1NC(=O)[C@H](C)NC(=O)CCC(=O)N2CCCCCCn3cc(c4cc(F)ccc43)C[C@@H]3NC(=O)[C@H](Cc4cccc(c4)CNC(=O)CO[C@H]4CCN(C3=O)[C@@H]4C(=O)N[C@@H]([C@@H](C)O)C(=O)N[C@@H](Cc3ccc(OC)cc3)C(=O)N3CCC[C@@]3(C)C(=O)NCCc3ccc(cc3)C2)NC1=O.[Cl-]. The van der Waals surface area contributed by atoms with Gasteiger partial charge in [-0.05, 0) is 149 Å². The van der Waals surface area contributed by atoms with Crippen molar-refractivity contribution < 1.29 is 112 Å². The molecule has 5 aromatic rings. The Morgan fingerprint density at radius 1 is 0.618 bits per heavy atom. The molecule has 2 saturated heterocycles. The van der Waals surface area contributed by atoms with Gasteiger partial charge in [-0.15, -0.1) is 0 Å². The number of aliphatic hydroxyl groups excluding tert-OH is 1. The molecule has 11 rings (SSSR count). The first-order valence-corrected chi connectivity index (χ1v) is 48.8. The Balaban J connectivity index is 0.0000207. The number of likely N-dealkylation sites (N-methyl/N-ethyl adjacent to an activating group) is 1. The topological polar surface area (TPSA) is 419 Å². The Labute approximate surface area is 804 Å². The molecule has 0 radical (unpaired) electrons. The molecule has 6 aliphatic rings. The van der Waals surface area contributed by atoms with E-state index in [2.05, 4.69) is 68.9 Å². The lowest BCUT2D eigenvalue weighted by Gasteiger charge is -2.37. The first-order chi connectivity index (χ1) is 64.9. The number of rotatable bonds is 33. The number of ether oxygens (including phenoxy) is 4. The summed E-state index contributed by atoms with van der Waals surface area (Å²) >= 11 is 0. The van der Waals surface area contributed by atoms with Crippen LogP contribution in [0, 0.1) is 5.82 Å². The van der Waals surface area contributed by atoms with Crippen molar-refractivity contribution in [1.82, 2.24) is 67.1 Å². The number of nitrogens with zero attached hydrogens (tertiary/aromatic N) is 5. The van der Waals surface area contributed by atoms with E-state index in [9.17, 15) is 43.5 Å². The van der Waals surface area contributed by atoms with Crippen LogP contribution in [0.15, 0.2) is 97.2 Å². The predicted octanol–water partition coefficient (Wildman–Crippen LogP) is 3.81. The summed E-state index contributed by atoms with van der Waals surface area (Å²) < 4.78 is 42.1. The number of benzene rings is 4. The minimum Gasteiger partial charge on any atom is -1.00 e. The first kappa shape index (κ1) is 109. The number of amides is 12. The molecule has 33 nitrogen and oxygen atoms in total. The predicted molar refractivity (Wildman–Crippen MR) is 505 cm³/mol. The monoisotopic (exact) mass is 1910 g/mol. The number of aryl methyl sites for hydroxylation is 1. The molecule has 6 aliphatic heterocycles. The lowest BCUT2D eigenvalue weighted by atomic mass is 9.95. The number of ketones is 2. The van der Waals surface area contributed by atoms with Gasteiger partial charge in [0.1, 0.15) is 84.1 Å². The van der Waals surface area contributed by atoms with E-state index in [1.807, 2.05) is 28.8 Å². The van der Waals surface area contributed by atoms with Gasteiger partial charge in [-0.3, -0.25) is 67.1 Å². The van der Waals surface area contributed by atoms with Crippen LogP contribution < -0.4 is 65.0 Å². The number of carbonyl (C=O) groups is 14. The number of halogens is 2. The minimum atomic E-state index is -1.87. The third-order valence-corrected chi connectivity index (χ3v) is 26.4. The fraction of sp³-hybridized carbons (Fsp3) is 0.604. The second kappa shape index (κ2) is 55.0. The van der Waals surface area contributed by atoms with Crippen molar-refractivity contribution in [3.8, 4) is 5.75 Å². The van der Waals surface area contributed by atoms with Gasteiger partial charge in [-0.2, -0.15) is 0 Å². The maximum atomic E-state index is 16.4. The van der Waals surface area contributed by atoms with Crippen LogP contribution in [0.2, 0.25) is 0 Å². The van der Waals surface area contributed by atoms with Crippen molar-refractivity contribution in [2.45, 2.75) is 294 Å². The Morgan fingerprint density at radius 2 is 1.31 bits per heavy atom. The third-order valence-electron chi connectivity index (χ3n) is 26.4. The Bertz CT molecular complexity index is 4840. The molecule has 0 unspecified atom stereocenters. The van der Waals surface area contributed by atoms with Gasteiger partial charge in [-0.1, -0.05) is 119 Å². The molecule has 10 N–H and O–H groups in total. The lowest BCUT2D eigenvalue weighted by molar-refractivity contribution is -0.890. The van der Waals surface area contributed by atoms with Crippen LogP contribution in [0.1, 0.15) is 222 Å². The van der Waals surface area contributed by atoms with Crippen molar-refractivity contribution >= 4 is 93.4 Å². The molecule has 1 aromatic heterocycles. The third kappa shape index (κ3) is 33.8. The minimum absolute atomic E-state index is 0. The van der Waals surface area contributed by atoms with E-state index in [-0.39, 0.29) is 146 Å². The van der Waals surface area contributed by atoms with Crippen molar-refractivity contribution in [1.29, 1.82) is 0 Å². The molecule has 0 saturated carbocycles. The summed E-state index contributed by atoms with van der Waals surface area (Å²) in [5.74, 6) is -8.67. The van der Waals surface area contributed by atoms with Crippen LogP contribution in [0.4, 0.5) is 4.39 Å². The average molecular weight is 1910 g/mol. The van der Waals surface area contributed by atoms with E-state index in [4.69, 9.17) is 18.9 Å². The molecule has 12 amide bonds. The van der Waals surface area contributed by atoms with Crippen molar-refractivity contribution in [3.63, 3.8) is 0 Å². The van der Waals surface area contributed by atoms with Gasteiger partial charge in [0.15, 0.2) is 0 Å². The zero-order chi connectivity index (χ0) is 97.0. The highest BCUT2D eigenvalue weighted by Gasteiger charge is 2.50. The smallest absolute Gasteiger partial charge is 0.246 e. The maximum absolute atomic E-state index is 16.4. The molecular formula is C101H144ClFN14O19. The zero-order valence-electron chi connectivity index (χ0n) is 80.3. The summed E-state index contributed by atoms with van der Waals surface area (Å²) in [6, 6.07) is 13.9. The van der Waals surface area contributed by atoms with E-state index in [1.165, 1.54) is 38.0 Å². The average Bonchev–Trinajstić information content (AvgIpc) is 1.64. The molecule has 2 fully saturated rings. The molecule has 746 valence electrons. The largest absolute Gasteiger partial charge is 1.00 e.